The summed E-state index contributed by atoms with van der Waals surface area (Å²) >= 11 is 2.21. The fraction of sp³-hybridized carbons (Fsp3) is 1.00. The normalized spacial score (nSPS) is 14.0. The third-order valence-corrected chi connectivity index (χ3v) is 7.11. The van der Waals surface area contributed by atoms with Crippen LogP contribution in [0.4, 0.5) is 0 Å². The van der Waals surface area contributed by atoms with Crippen LogP contribution >= 0.6 is 30.2 Å². The van der Waals surface area contributed by atoms with Gasteiger partial charge in [0.25, 0.3) is 0 Å². The van der Waals surface area contributed by atoms with Gasteiger partial charge in [0, 0.05) is 0 Å². The van der Waals surface area contributed by atoms with Gasteiger partial charge in [0.15, 0.2) is 0 Å². The number of hydrogen-bond donors (Lipinski definition) is 0. The molecule has 0 fully saturated rings. The van der Waals surface area contributed by atoms with Gasteiger partial charge < -0.3 is 9.05 Å². The van der Waals surface area contributed by atoms with Crippen molar-refractivity contribution in [3.63, 3.8) is 0 Å². The first-order valence-electron chi connectivity index (χ1n) is 6.13. The molecule has 0 heterocycles. The highest BCUT2D eigenvalue weighted by molar-refractivity contribution is 14.1. The monoisotopic (exact) mass is 362 g/mol. The SMILES string of the molecule is CCCCCCC(I)P(=O)(OCC)OCC. The second-order valence-electron chi connectivity index (χ2n) is 3.66. The highest BCUT2D eigenvalue weighted by atomic mass is 127. The van der Waals surface area contributed by atoms with Crippen molar-refractivity contribution in [2.75, 3.05) is 13.2 Å². The highest BCUT2D eigenvalue weighted by Gasteiger charge is 2.32. The maximum atomic E-state index is 12.3. The maximum Gasteiger partial charge on any atom is 0.343 e. The predicted octanol–water partition coefficient (Wildman–Crippen LogP) is 4.98. The van der Waals surface area contributed by atoms with E-state index in [2.05, 4.69) is 29.5 Å². The van der Waals surface area contributed by atoms with Gasteiger partial charge in [-0.3, -0.25) is 4.57 Å². The molecule has 0 aliphatic carbocycles. The standard InChI is InChI=1S/C11H24IO3P/c1-4-7-8-9-10-11(12)16(13,14-5-2)15-6-3/h11H,4-10H2,1-3H3. The third-order valence-electron chi connectivity index (χ3n) is 2.26. The molecule has 98 valence electrons. The van der Waals surface area contributed by atoms with Crippen LogP contribution in [0.2, 0.25) is 0 Å². The summed E-state index contributed by atoms with van der Waals surface area (Å²) < 4.78 is 22.9. The Bertz CT molecular complexity index is 201. The van der Waals surface area contributed by atoms with E-state index >= 15 is 0 Å². The van der Waals surface area contributed by atoms with Crippen LogP contribution in [-0.4, -0.2) is 16.9 Å². The number of halogens is 1. The molecule has 5 heteroatoms. The van der Waals surface area contributed by atoms with Crippen LogP contribution in [0.1, 0.15) is 52.9 Å². The van der Waals surface area contributed by atoms with Gasteiger partial charge in [0.2, 0.25) is 0 Å². The summed E-state index contributed by atoms with van der Waals surface area (Å²) in [6.45, 7) is 6.79. The lowest BCUT2D eigenvalue weighted by Gasteiger charge is -2.21. The third kappa shape index (κ3) is 6.58. The molecule has 0 amide bonds. The number of hydrogen-bond acceptors (Lipinski definition) is 3. The molecule has 0 aliphatic heterocycles. The highest BCUT2D eigenvalue weighted by Crippen LogP contribution is 2.57. The first-order chi connectivity index (χ1) is 7.60. The minimum Gasteiger partial charge on any atom is -0.308 e. The second kappa shape index (κ2) is 9.86. The fourth-order valence-electron chi connectivity index (χ4n) is 1.46. The van der Waals surface area contributed by atoms with E-state index in [4.69, 9.17) is 9.05 Å². The van der Waals surface area contributed by atoms with Gasteiger partial charge in [-0.05, 0) is 20.3 Å². The van der Waals surface area contributed by atoms with Gasteiger partial charge >= 0.3 is 7.60 Å². The van der Waals surface area contributed by atoms with Crippen LogP contribution in [0.15, 0.2) is 0 Å². The number of rotatable bonds is 10. The molecule has 0 saturated heterocycles. The molecule has 0 saturated carbocycles. The maximum absolute atomic E-state index is 12.3. The summed E-state index contributed by atoms with van der Waals surface area (Å²) in [5.74, 6) is 0. The van der Waals surface area contributed by atoms with E-state index in [9.17, 15) is 4.57 Å². The molecule has 1 atom stereocenters. The van der Waals surface area contributed by atoms with E-state index in [-0.39, 0.29) is 3.67 Å². The van der Waals surface area contributed by atoms with Crippen LogP contribution in [-0.2, 0) is 13.6 Å². The summed E-state index contributed by atoms with van der Waals surface area (Å²) in [6, 6.07) is 0. The van der Waals surface area contributed by atoms with Crippen LogP contribution in [0.5, 0.6) is 0 Å². The first kappa shape index (κ1) is 16.9. The molecule has 0 rings (SSSR count). The predicted molar refractivity (Wildman–Crippen MR) is 77.4 cm³/mol. The van der Waals surface area contributed by atoms with E-state index in [1.54, 1.807) is 0 Å². The Morgan fingerprint density at radius 2 is 1.62 bits per heavy atom. The molecule has 0 bridgehead atoms. The van der Waals surface area contributed by atoms with Crippen LogP contribution in [0.25, 0.3) is 0 Å². The minimum absolute atomic E-state index is 0.0122. The number of alkyl halides is 1. The van der Waals surface area contributed by atoms with Crippen molar-refractivity contribution in [2.24, 2.45) is 0 Å². The van der Waals surface area contributed by atoms with Gasteiger partial charge in [0.1, 0.15) is 3.67 Å². The molecule has 16 heavy (non-hydrogen) atoms. The van der Waals surface area contributed by atoms with E-state index in [0.29, 0.717) is 13.2 Å². The molecular formula is C11H24IO3P. The van der Waals surface area contributed by atoms with Crippen LogP contribution < -0.4 is 0 Å². The topological polar surface area (TPSA) is 35.5 Å². The Labute approximate surface area is 113 Å². The Hall–Kier alpha value is 0.880. The molecule has 0 aliphatic rings. The smallest absolute Gasteiger partial charge is 0.308 e. The van der Waals surface area contributed by atoms with Gasteiger partial charge in [-0.1, -0.05) is 55.2 Å². The molecule has 0 spiro atoms. The van der Waals surface area contributed by atoms with Crippen molar-refractivity contribution in [3.8, 4) is 0 Å². The molecule has 0 aromatic heterocycles. The van der Waals surface area contributed by atoms with E-state index < -0.39 is 7.60 Å². The Kier molecular flexibility index (Phi) is 10.4. The minimum atomic E-state index is -2.87. The quantitative estimate of drug-likeness (QED) is 0.238. The molecule has 3 nitrogen and oxygen atoms in total. The Balaban J connectivity index is 4.06. The molecule has 0 N–H and O–H groups in total. The summed E-state index contributed by atoms with van der Waals surface area (Å²) in [5, 5.41) is 0. The lowest BCUT2D eigenvalue weighted by Crippen LogP contribution is -2.07. The van der Waals surface area contributed by atoms with Gasteiger partial charge in [-0.25, -0.2) is 0 Å². The average Bonchev–Trinajstić information content (AvgIpc) is 2.24. The zero-order chi connectivity index (χ0) is 12.4. The summed E-state index contributed by atoms with van der Waals surface area (Å²) in [4.78, 5) is 0. The molecule has 0 radical (unpaired) electrons. The van der Waals surface area contributed by atoms with Crippen LogP contribution in [0.3, 0.4) is 0 Å². The summed E-state index contributed by atoms with van der Waals surface area (Å²) in [7, 11) is -2.87. The van der Waals surface area contributed by atoms with Gasteiger partial charge in [-0.2, -0.15) is 0 Å². The molecule has 1 unspecified atom stereocenters. The lowest BCUT2D eigenvalue weighted by molar-refractivity contribution is 0.218. The zero-order valence-electron chi connectivity index (χ0n) is 10.6. The van der Waals surface area contributed by atoms with Gasteiger partial charge in [0.05, 0.1) is 13.2 Å². The largest absolute Gasteiger partial charge is 0.343 e. The summed E-state index contributed by atoms with van der Waals surface area (Å²) in [5.41, 5.74) is 0. The van der Waals surface area contributed by atoms with Crippen LogP contribution in [0, 0.1) is 0 Å². The fourth-order valence-corrected chi connectivity index (χ4v) is 4.48. The molecular weight excluding hydrogens is 338 g/mol. The first-order valence-corrected chi connectivity index (χ1v) is 8.99. The Morgan fingerprint density at radius 3 is 2.06 bits per heavy atom. The zero-order valence-corrected chi connectivity index (χ0v) is 13.6. The Morgan fingerprint density at radius 1 is 1.06 bits per heavy atom. The van der Waals surface area contributed by atoms with E-state index in [0.717, 1.165) is 12.8 Å². The van der Waals surface area contributed by atoms with E-state index in [1.165, 1.54) is 19.3 Å². The van der Waals surface area contributed by atoms with Crippen molar-refractivity contribution < 1.29 is 13.6 Å². The van der Waals surface area contributed by atoms with Crippen molar-refractivity contribution in [3.05, 3.63) is 0 Å². The lowest BCUT2D eigenvalue weighted by atomic mass is 10.2. The van der Waals surface area contributed by atoms with E-state index in [1.807, 2.05) is 13.8 Å². The number of unbranched alkanes of at least 4 members (excludes halogenated alkanes) is 3. The molecule has 0 aromatic carbocycles. The van der Waals surface area contributed by atoms with Crippen molar-refractivity contribution >= 4 is 30.2 Å². The average molecular weight is 362 g/mol. The van der Waals surface area contributed by atoms with Crippen molar-refractivity contribution in [1.82, 2.24) is 0 Å². The van der Waals surface area contributed by atoms with Crippen molar-refractivity contribution in [2.45, 2.75) is 56.5 Å². The second-order valence-corrected chi connectivity index (χ2v) is 8.37. The van der Waals surface area contributed by atoms with Gasteiger partial charge in [-0.15, -0.1) is 0 Å². The molecule has 0 aromatic rings. The summed E-state index contributed by atoms with van der Waals surface area (Å²) in [6.07, 6.45) is 5.69. The van der Waals surface area contributed by atoms with Crippen molar-refractivity contribution in [1.29, 1.82) is 0 Å².